The lowest BCUT2D eigenvalue weighted by molar-refractivity contribution is -0.137. The largest absolute Gasteiger partial charge is 0.480 e. The molecule has 4 nitrogen and oxygen atoms in total. The number of methoxy groups -OCH3 is 1. The first kappa shape index (κ1) is 15.5. The van der Waals surface area contributed by atoms with E-state index in [0.717, 1.165) is 0 Å². The predicted octanol–water partition coefficient (Wildman–Crippen LogP) is 3.53. The van der Waals surface area contributed by atoms with Crippen LogP contribution in [-0.2, 0) is 12.7 Å². The second kappa shape index (κ2) is 5.66. The number of benzene rings is 1. The monoisotopic (exact) mass is 321 g/mol. The van der Waals surface area contributed by atoms with E-state index < -0.39 is 11.7 Å². The molecule has 0 saturated heterocycles. The molecule has 0 unspecified atom stereocenters. The van der Waals surface area contributed by atoms with E-state index in [1.165, 1.54) is 13.3 Å². The summed E-state index contributed by atoms with van der Waals surface area (Å²) in [7, 11) is 2.89. The Labute approximate surface area is 130 Å². The van der Waals surface area contributed by atoms with E-state index in [2.05, 4.69) is 15.3 Å². The number of para-hydroxylation sites is 1. The van der Waals surface area contributed by atoms with Crippen LogP contribution in [0.3, 0.4) is 0 Å². The van der Waals surface area contributed by atoms with Crippen LogP contribution in [-0.4, -0.2) is 24.1 Å². The number of fused-ring (bicyclic) bond motifs is 3. The molecule has 3 rings (SSSR count). The standard InChI is InChI=1S/C16H14F3N3O/c1-20-7-9-8-21-14-10-5-3-4-6-11(10)22-15(23-2)12(14)13(9)16(17,18)19/h3-6,8,20H,7H2,1-2H3. The lowest BCUT2D eigenvalue weighted by Crippen LogP contribution is -2.16. The molecule has 0 saturated carbocycles. The van der Waals surface area contributed by atoms with Crippen molar-refractivity contribution in [1.82, 2.24) is 15.3 Å². The van der Waals surface area contributed by atoms with Gasteiger partial charge in [-0.25, -0.2) is 4.98 Å². The topological polar surface area (TPSA) is 47.0 Å². The van der Waals surface area contributed by atoms with Gasteiger partial charge in [-0.1, -0.05) is 18.2 Å². The second-order valence-electron chi connectivity index (χ2n) is 5.05. The van der Waals surface area contributed by atoms with E-state index in [1.54, 1.807) is 31.3 Å². The van der Waals surface area contributed by atoms with Gasteiger partial charge in [-0.3, -0.25) is 4.98 Å². The normalized spacial score (nSPS) is 12.0. The van der Waals surface area contributed by atoms with Crippen molar-refractivity contribution in [1.29, 1.82) is 0 Å². The molecule has 0 atom stereocenters. The zero-order valence-electron chi connectivity index (χ0n) is 12.5. The van der Waals surface area contributed by atoms with E-state index in [4.69, 9.17) is 4.74 Å². The van der Waals surface area contributed by atoms with Crippen LogP contribution in [0.15, 0.2) is 30.5 Å². The Morgan fingerprint density at radius 2 is 1.96 bits per heavy atom. The molecule has 1 N–H and O–H groups in total. The van der Waals surface area contributed by atoms with Crippen molar-refractivity contribution in [2.75, 3.05) is 14.2 Å². The van der Waals surface area contributed by atoms with E-state index in [0.29, 0.717) is 10.9 Å². The summed E-state index contributed by atoms with van der Waals surface area (Å²) in [6.07, 6.45) is -3.28. The van der Waals surface area contributed by atoms with Gasteiger partial charge in [-0.2, -0.15) is 13.2 Å². The van der Waals surface area contributed by atoms with E-state index in [-0.39, 0.29) is 28.9 Å². The molecule has 7 heteroatoms. The number of ether oxygens (including phenoxy) is 1. The summed E-state index contributed by atoms with van der Waals surface area (Å²) in [6, 6.07) is 6.93. The van der Waals surface area contributed by atoms with Gasteiger partial charge in [-0.05, 0) is 18.7 Å². The van der Waals surface area contributed by atoms with Crippen molar-refractivity contribution < 1.29 is 17.9 Å². The number of rotatable bonds is 3. The summed E-state index contributed by atoms with van der Waals surface area (Å²) in [4.78, 5) is 8.47. The van der Waals surface area contributed by atoms with Gasteiger partial charge in [0.05, 0.1) is 29.1 Å². The number of nitrogens with zero attached hydrogens (tertiary/aromatic N) is 2. The number of halogens is 3. The van der Waals surface area contributed by atoms with Crippen LogP contribution < -0.4 is 10.1 Å². The van der Waals surface area contributed by atoms with Crippen molar-refractivity contribution in [2.45, 2.75) is 12.7 Å². The van der Waals surface area contributed by atoms with Gasteiger partial charge in [0, 0.05) is 18.1 Å². The average Bonchev–Trinajstić information content (AvgIpc) is 2.52. The highest BCUT2D eigenvalue weighted by atomic mass is 19.4. The Hall–Kier alpha value is -2.41. The average molecular weight is 321 g/mol. The maximum absolute atomic E-state index is 13.7. The lowest BCUT2D eigenvalue weighted by Gasteiger charge is -2.17. The summed E-state index contributed by atoms with van der Waals surface area (Å²) in [5.74, 6) is -0.0727. The number of hydrogen-bond acceptors (Lipinski definition) is 4. The first-order valence-electron chi connectivity index (χ1n) is 6.93. The minimum Gasteiger partial charge on any atom is -0.480 e. The summed E-state index contributed by atoms with van der Waals surface area (Å²) in [6.45, 7) is 0.0494. The van der Waals surface area contributed by atoms with Gasteiger partial charge in [0.2, 0.25) is 5.88 Å². The number of hydrogen-bond donors (Lipinski definition) is 1. The molecule has 0 amide bonds. The number of aromatic nitrogens is 2. The Morgan fingerprint density at radius 1 is 1.22 bits per heavy atom. The van der Waals surface area contributed by atoms with Gasteiger partial charge >= 0.3 is 6.18 Å². The number of pyridine rings is 2. The summed E-state index contributed by atoms with van der Waals surface area (Å²) in [5, 5.41) is 3.19. The quantitative estimate of drug-likeness (QED) is 0.750. The molecule has 0 aliphatic heterocycles. The zero-order valence-corrected chi connectivity index (χ0v) is 12.5. The molecule has 120 valence electrons. The fourth-order valence-electron chi connectivity index (χ4n) is 2.70. The molecular formula is C16H14F3N3O. The smallest absolute Gasteiger partial charge is 0.417 e. The highest BCUT2D eigenvalue weighted by Crippen LogP contribution is 2.41. The maximum atomic E-state index is 13.7. The predicted molar refractivity (Wildman–Crippen MR) is 81.4 cm³/mol. The lowest BCUT2D eigenvalue weighted by atomic mass is 10.0. The van der Waals surface area contributed by atoms with E-state index >= 15 is 0 Å². The van der Waals surface area contributed by atoms with Crippen LogP contribution in [0.1, 0.15) is 11.1 Å². The van der Waals surface area contributed by atoms with Crippen molar-refractivity contribution >= 4 is 21.8 Å². The number of alkyl halides is 3. The maximum Gasteiger partial charge on any atom is 0.417 e. The molecule has 23 heavy (non-hydrogen) atoms. The number of nitrogens with one attached hydrogen (secondary N) is 1. The fourth-order valence-corrected chi connectivity index (χ4v) is 2.70. The summed E-state index contributed by atoms with van der Waals surface area (Å²) < 4.78 is 46.2. The summed E-state index contributed by atoms with van der Waals surface area (Å²) >= 11 is 0. The van der Waals surface area contributed by atoms with E-state index in [9.17, 15) is 13.2 Å². The Bertz CT molecular complexity index is 878. The van der Waals surface area contributed by atoms with Crippen LogP contribution in [0.4, 0.5) is 13.2 Å². The fraction of sp³-hybridized carbons (Fsp3) is 0.250. The van der Waals surface area contributed by atoms with Crippen LogP contribution in [0.25, 0.3) is 21.8 Å². The third kappa shape index (κ3) is 2.57. The molecule has 0 fully saturated rings. The molecule has 2 aromatic heterocycles. The van der Waals surface area contributed by atoms with Gasteiger partial charge in [0.1, 0.15) is 0 Å². The van der Waals surface area contributed by atoms with Crippen LogP contribution in [0, 0.1) is 0 Å². The van der Waals surface area contributed by atoms with Crippen molar-refractivity contribution in [2.24, 2.45) is 0 Å². The molecule has 2 heterocycles. The van der Waals surface area contributed by atoms with Crippen molar-refractivity contribution in [3.8, 4) is 5.88 Å². The van der Waals surface area contributed by atoms with Crippen LogP contribution in [0.2, 0.25) is 0 Å². The SMILES string of the molecule is CNCc1cnc2c(c(OC)nc3ccccc32)c1C(F)(F)F. The van der Waals surface area contributed by atoms with Gasteiger partial charge in [0.15, 0.2) is 0 Å². The van der Waals surface area contributed by atoms with Gasteiger partial charge in [0.25, 0.3) is 0 Å². The molecule has 0 aliphatic carbocycles. The van der Waals surface area contributed by atoms with Crippen LogP contribution >= 0.6 is 0 Å². The van der Waals surface area contributed by atoms with Gasteiger partial charge < -0.3 is 10.1 Å². The Kier molecular flexibility index (Phi) is 3.81. The zero-order chi connectivity index (χ0) is 16.6. The molecule has 0 radical (unpaired) electrons. The molecule has 0 spiro atoms. The first-order chi connectivity index (χ1) is 11.0. The van der Waals surface area contributed by atoms with Crippen molar-refractivity contribution in [3.63, 3.8) is 0 Å². The Balaban J connectivity index is 2.52. The third-order valence-corrected chi connectivity index (χ3v) is 3.60. The molecule has 0 aliphatic rings. The molecule has 0 bridgehead atoms. The third-order valence-electron chi connectivity index (χ3n) is 3.60. The summed E-state index contributed by atoms with van der Waals surface area (Å²) in [5.41, 5.74) is 0.0771. The minimum absolute atomic E-state index is 0.0494. The minimum atomic E-state index is -4.54. The van der Waals surface area contributed by atoms with Gasteiger partial charge in [-0.15, -0.1) is 0 Å². The molecular weight excluding hydrogens is 307 g/mol. The van der Waals surface area contributed by atoms with Crippen LogP contribution in [0.5, 0.6) is 5.88 Å². The van der Waals surface area contributed by atoms with Crippen molar-refractivity contribution in [3.05, 3.63) is 41.6 Å². The Morgan fingerprint density at radius 3 is 2.61 bits per heavy atom. The molecule has 1 aromatic carbocycles. The molecule has 3 aromatic rings. The highest BCUT2D eigenvalue weighted by Gasteiger charge is 2.37. The highest BCUT2D eigenvalue weighted by molar-refractivity contribution is 6.07. The first-order valence-corrected chi connectivity index (χ1v) is 6.93. The second-order valence-corrected chi connectivity index (χ2v) is 5.05. The van der Waals surface area contributed by atoms with E-state index in [1.807, 2.05) is 0 Å².